The van der Waals surface area contributed by atoms with Crippen molar-refractivity contribution in [3.8, 4) is 0 Å². The van der Waals surface area contributed by atoms with Gasteiger partial charge in [-0.15, -0.1) is 0 Å². The third-order valence-electron chi connectivity index (χ3n) is 25.6. The van der Waals surface area contributed by atoms with Gasteiger partial charge in [-0.3, -0.25) is 57.5 Å². The summed E-state index contributed by atoms with van der Waals surface area (Å²) >= 11 is 1.99. The number of nitrogens with one attached hydrogen (secondary N) is 3. The topological polar surface area (TPSA) is 289 Å². The van der Waals surface area contributed by atoms with Gasteiger partial charge < -0.3 is 69.5 Å². The summed E-state index contributed by atoms with van der Waals surface area (Å²) < 4.78 is 54.0. The first-order valence-corrected chi connectivity index (χ1v) is 41.1. The van der Waals surface area contributed by atoms with Crippen LogP contribution >= 0.6 is 11.8 Å². The molecule has 8 fully saturated rings. The number of halogens is 3. The molecule has 4 aliphatic heterocycles. The van der Waals surface area contributed by atoms with Gasteiger partial charge in [-0.2, -0.15) is 24.9 Å². The number of ether oxygens (including phenoxy) is 2. The standard InChI is InChI=1S/C78H123F3N12O14S/c1-12-48(3)66-74(103)87(6)47-65(96)88(7)57-22-15-14-18-36-92(73(57)102)61(42-51-25-29-54(30-26-51)78(79,80)81)72(101)86(5)46-63(94)82-56(31-27-49-28-32-62-53(40-49)33-39-108-62)70(99)93-45-55(107-13-2)43-59(93)69(98)84-77(34-19-35-77)76(105)91(10)67(52-20-16-17-21-52)75(104)90(9)60(71(100)85(4)37-38-106-11)44-64(95)89(8)58(68(97)83-66)41-50-23-24-50/h14-15,48-62,66-67H,12-13,16-47H2,1-11H3,(H,82,94)(H,83,97)(H,84,98)/b15-14-/t48-,49?,51?,53?,54?,55+,56-,57-,58-,59-,60-,61-,62?,66-,67-/m0/s1. The molecule has 3 unspecified atom stereocenters. The van der Waals surface area contributed by atoms with Crippen molar-refractivity contribution in [3.63, 3.8) is 0 Å². The Morgan fingerprint density at radius 2 is 1.32 bits per heavy atom. The van der Waals surface area contributed by atoms with Gasteiger partial charge in [0.1, 0.15) is 53.9 Å². The van der Waals surface area contributed by atoms with E-state index < -0.39 is 180 Å². The van der Waals surface area contributed by atoms with E-state index in [1.54, 1.807) is 19.9 Å². The molecule has 0 aromatic heterocycles. The molecule has 30 heteroatoms. The number of fused-ring (bicyclic) bond motifs is 4. The highest BCUT2D eigenvalue weighted by molar-refractivity contribution is 8.00. The van der Waals surface area contributed by atoms with Gasteiger partial charge in [0.05, 0.1) is 38.1 Å². The van der Waals surface area contributed by atoms with Crippen LogP contribution in [0.1, 0.15) is 188 Å². The average Bonchev–Trinajstić information content (AvgIpc) is 1.22. The first-order chi connectivity index (χ1) is 51.3. The van der Waals surface area contributed by atoms with Crippen molar-refractivity contribution in [1.82, 2.24) is 60.0 Å². The van der Waals surface area contributed by atoms with E-state index in [-0.39, 0.29) is 122 Å². The average molecular weight is 1540 g/mol. The number of rotatable bonds is 16. The minimum Gasteiger partial charge on any atom is -0.383 e. The van der Waals surface area contributed by atoms with E-state index in [1.807, 2.05) is 24.8 Å². The fraction of sp³-hybridized carbons (Fsp3) is 0.821. The molecule has 26 nitrogen and oxygen atoms in total. The molecule has 4 heterocycles. The summed E-state index contributed by atoms with van der Waals surface area (Å²) in [5.74, 6) is -8.77. The number of carbonyl (C=O) groups is 12. The summed E-state index contributed by atoms with van der Waals surface area (Å²) in [4.78, 5) is 195. The van der Waals surface area contributed by atoms with Crippen molar-refractivity contribution >= 4 is 82.6 Å². The van der Waals surface area contributed by atoms with Crippen molar-refractivity contribution in [2.24, 2.45) is 41.4 Å². The summed E-state index contributed by atoms with van der Waals surface area (Å²) in [7, 11) is 11.6. The van der Waals surface area contributed by atoms with E-state index in [2.05, 4.69) is 16.0 Å². The van der Waals surface area contributed by atoms with Crippen LogP contribution < -0.4 is 16.0 Å². The van der Waals surface area contributed by atoms with Crippen molar-refractivity contribution < 1.29 is 80.2 Å². The highest BCUT2D eigenvalue weighted by Crippen LogP contribution is 2.46. The Morgan fingerprint density at radius 3 is 1.95 bits per heavy atom. The van der Waals surface area contributed by atoms with Crippen LogP contribution in [0, 0.1) is 41.4 Å². The van der Waals surface area contributed by atoms with Gasteiger partial charge in [-0.05, 0) is 170 Å². The molecule has 3 saturated heterocycles. The molecule has 606 valence electrons. The Balaban J connectivity index is 1.10. The third kappa shape index (κ3) is 20.8. The van der Waals surface area contributed by atoms with E-state index in [0.29, 0.717) is 43.3 Å². The van der Waals surface area contributed by atoms with Crippen LogP contribution in [-0.2, 0) is 67.0 Å². The first kappa shape index (κ1) is 85.4. The molecular weight excluding hydrogens is 1420 g/mol. The summed E-state index contributed by atoms with van der Waals surface area (Å²) in [6.07, 6.45) is 8.30. The van der Waals surface area contributed by atoms with E-state index in [9.17, 15) is 32.3 Å². The number of alkyl halides is 3. The predicted octanol–water partition coefficient (Wildman–Crippen LogP) is 5.78. The Labute approximate surface area is 640 Å². The fourth-order valence-corrected chi connectivity index (χ4v) is 19.7. The lowest BCUT2D eigenvalue weighted by Crippen LogP contribution is -2.68. The molecule has 1 spiro atoms. The smallest absolute Gasteiger partial charge is 0.383 e. The number of nitrogens with zero attached hydrogens (tertiary/aromatic N) is 9. The minimum absolute atomic E-state index is 0.0179. The van der Waals surface area contributed by atoms with Crippen LogP contribution in [0.15, 0.2) is 12.2 Å². The molecule has 9 rings (SSSR count). The first-order valence-electron chi connectivity index (χ1n) is 40.1. The maximum atomic E-state index is 15.7. The lowest BCUT2D eigenvalue weighted by Gasteiger charge is -2.46. The van der Waals surface area contributed by atoms with Crippen LogP contribution in [-0.4, -0.2) is 295 Å². The largest absolute Gasteiger partial charge is 0.391 e. The van der Waals surface area contributed by atoms with Crippen LogP contribution in [0.2, 0.25) is 0 Å². The van der Waals surface area contributed by atoms with Crippen molar-refractivity contribution in [1.29, 1.82) is 0 Å². The number of methoxy groups -OCH3 is 1. The van der Waals surface area contributed by atoms with Gasteiger partial charge in [-0.1, -0.05) is 58.1 Å². The summed E-state index contributed by atoms with van der Waals surface area (Å²) in [5, 5.41) is 9.59. The molecule has 0 aromatic rings. The SMILES string of the molecule is CCO[C@@H]1C[C@H]2C(=O)NC3(CCC3)C(=O)N(C)[C@@H](C3CCCC3)C(=O)N(C)[C@H](C(=O)N(C)CCOC)CC(=O)N(C)[C@@H](CC3CC3)C(=O)N[C@@H]([C@@H](C)CC)C(=O)N(C)CC(=O)N(C)[C@H]3C/C=C\CCN(C3=O)[C@@H](CC3CCC(C(F)(F)F)CC3)C(=O)N(C)CC(=O)N[C@@H](CCC3CCC4SCCC4C3)C(=O)N2C1. The third-order valence-corrected chi connectivity index (χ3v) is 27.1. The fourth-order valence-electron chi connectivity index (χ4n) is 18.1. The molecule has 12 amide bonds. The molecule has 108 heavy (non-hydrogen) atoms. The predicted molar refractivity (Wildman–Crippen MR) is 399 cm³/mol. The van der Waals surface area contributed by atoms with E-state index in [4.69, 9.17) is 9.47 Å². The van der Waals surface area contributed by atoms with Crippen molar-refractivity contribution in [2.75, 3.05) is 108 Å². The van der Waals surface area contributed by atoms with Gasteiger partial charge in [-0.25, -0.2) is 0 Å². The molecule has 5 aliphatic carbocycles. The van der Waals surface area contributed by atoms with Crippen LogP contribution in [0.25, 0.3) is 0 Å². The maximum Gasteiger partial charge on any atom is 0.391 e. The minimum atomic E-state index is -4.43. The zero-order valence-corrected chi connectivity index (χ0v) is 66.6. The highest BCUT2D eigenvalue weighted by Gasteiger charge is 2.54. The zero-order chi connectivity index (χ0) is 78.6. The van der Waals surface area contributed by atoms with Crippen LogP contribution in [0.3, 0.4) is 0 Å². The number of hydrogen-bond acceptors (Lipinski definition) is 15. The molecule has 9 aliphatic rings. The zero-order valence-electron chi connectivity index (χ0n) is 65.8. The Kier molecular flexibility index (Phi) is 30.1. The van der Waals surface area contributed by atoms with E-state index in [0.717, 1.165) is 66.9 Å². The monoisotopic (exact) mass is 1540 g/mol. The highest BCUT2D eigenvalue weighted by atomic mass is 32.2. The number of likely N-dealkylation sites (N-methyl/N-ethyl adjacent to an activating group) is 7. The number of thioether (sulfide) groups is 1. The van der Waals surface area contributed by atoms with Gasteiger partial charge >= 0.3 is 6.18 Å². The summed E-state index contributed by atoms with van der Waals surface area (Å²) in [6.45, 7) is 4.56. The van der Waals surface area contributed by atoms with Crippen molar-refractivity contribution in [3.05, 3.63) is 12.2 Å². The summed E-state index contributed by atoms with van der Waals surface area (Å²) in [5.41, 5.74) is -1.54. The quantitative estimate of drug-likeness (QED) is 0.154. The van der Waals surface area contributed by atoms with Crippen LogP contribution in [0.4, 0.5) is 13.2 Å². The molecule has 0 aromatic carbocycles. The van der Waals surface area contributed by atoms with Crippen LogP contribution in [0.5, 0.6) is 0 Å². The van der Waals surface area contributed by atoms with Gasteiger partial charge in [0, 0.05) is 94.4 Å². The summed E-state index contributed by atoms with van der Waals surface area (Å²) in [6, 6.07) is -10.1. The Hall–Kier alpha value is -6.56. The second kappa shape index (κ2) is 38.1. The lowest BCUT2D eigenvalue weighted by atomic mass is 9.74. The molecule has 2 bridgehead atoms. The molecule has 0 radical (unpaired) electrons. The second-order valence-electron chi connectivity index (χ2n) is 32.9. The molecule has 13 atom stereocenters. The van der Waals surface area contributed by atoms with E-state index in [1.165, 1.54) is 90.7 Å². The maximum absolute atomic E-state index is 15.7. The second-order valence-corrected chi connectivity index (χ2v) is 34.3. The number of amides is 12. The molecular formula is C78H123F3N12O14S. The molecule has 3 N–H and O–H groups in total. The molecule has 5 saturated carbocycles. The normalized spacial score (nSPS) is 32.3. The Morgan fingerprint density at radius 1 is 0.667 bits per heavy atom. The van der Waals surface area contributed by atoms with E-state index >= 15 is 38.4 Å². The Bertz CT molecular complexity index is 3240. The number of carbonyl (C=O) groups excluding carboxylic acids is 12. The lowest BCUT2D eigenvalue weighted by molar-refractivity contribution is -0.184. The van der Waals surface area contributed by atoms with Gasteiger partial charge in [0.15, 0.2) is 0 Å². The van der Waals surface area contributed by atoms with Crippen molar-refractivity contribution in [2.45, 2.75) is 259 Å². The van der Waals surface area contributed by atoms with Gasteiger partial charge in [0.25, 0.3) is 0 Å². The number of hydrogen-bond donors (Lipinski definition) is 3. The van der Waals surface area contributed by atoms with Gasteiger partial charge in [0.2, 0.25) is 70.9 Å².